The minimum atomic E-state index is -6.45. The molecule has 0 spiro atoms. The van der Waals surface area contributed by atoms with Crippen LogP contribution in [0.15, 0.2) is 0 Å². The molecule has 1 N–H and O–H groups in total. The first-order valence-electron chi connectivity index (χ1n) is 3.14. The molecular formula is C4H3F7O4S. The third-order valence-corrected chi connectivity index (χ3v) is 1.62. The van der Waals surface area contributed by atoms with Crippen molar-refractivity contribution in [2.75, 3.05) is 6.67 Å². The summed E-state index contributed by atoms with van der Waals surface area (Å²) >= 11 is 0. The molecular weight excluding hydrogens is 277 g/mol. The highest BCUT2D eigenvalue weighted by Crippen LogP contribution is 2.46. The summed E-state index contributed by atoms with van der Waals surface area (Å²) in [5, 5.41) is 0. The Morgan fingerprint density at radius 3 is 1.69 bits per heavy atom. The SMILES string of the molecule is O=S(=O)(O)OC(F)(F)C(F)(F)C(F)(F)CF. The second kappa shape index (κ2) is 4.00. The van der Waals surface area contributed by atoms with Gasteiger partial charge in [0.05, 0.1) is 0 Å². The average molecular weight is 280 g/mol. The smallest absolute Gasteiger partial charge is 0.263 e. The van der Waals surface area contributed by atoms with Crippen LogP contribution < -0.4 is 0 Å². The average Bonchev–Trinajstić information content (AvgIpc) is 1.99. The summed E-state index contributed by atoms with van der Waals surface area (Å²) in [6.45, 7) is -3.18. The molecule has 0 rings (SSSR count). The highest BCUT2D eigenvalue weighted by molar-refractivity contribution is 7.80. The Hall–Kier alpha value is -0.620. The molecule has 4 nitrogen and oxygen atoms in total. The van der Waals surface area contributed by atoms with Gasteiger partial charge in [0.25, 0.3) is 0 Å². The van der Waals surface area contributed by atoms with Gasteiger partial charge >= 0.3 is 28.4 Å². The number of hydrogen-bond donors (Lipinski definition) is 1. The van der Waals surface area contributed by atoms with Gasteiger partial charge in [-0.25, -0.2) is 4.39 Å². The van der Waals surface area contributed by atoms with Crippen molar-refractivity contribution < 1.29 is 47.9 Å². The van der Waals surface area contributed by atoms with Crippen LogP contribution in [0, 0.1) is 0 Å². The minimum absolute atomic E-state index is 2.08. The molecule has 0 aromatic carbocycles. The molecule has 0 radical (unpaired) electrons. The molecule has 0 aliphatic heterocycles. The van der Waals surface area contributed by atoms with Gasteiger partial charge in [-0.15, -0.1) is 0 Å². The molecule has 98 valence electrons. The lowest BCUT2D eigenvalue weighted by Gasteiger charge is -2.29. The summed E-state index contributed by atoms with van der Waals surface area (Å²) < 4.78 is 114. The third kappa shape index (κ3) is 2.95. The summed E-state index contributed by atoms with van der Waals surface area (Å²) in [5.74, 6) is -12.3. The lowest BCUT2D eigenvalue weighted by Crippen LogP contribution is -2.56. The second-order valence-electron chi connectivity index (χ2n) is 2.44. The Morgan fingerprint density at radius 2 is 1.44 bits per heavy atom. The zero-order chi connectivity index (χ0) is 13.4. The summed E-state index contributed by atoms with van der Waals surface area (Å²) in [4.78, 5) is 0. The van der Waals surface area contributed by atoms with Crippen LogP contribution in [0.5, 0.6) is 0 Å². The summed E-state index contributed by atoms with van der Waals surface area (Å²) in [6, 6.07) is 0. The van der Waals surface area contributed by atoms with Gasteiger partial charge in [0.1, 0.15) is 0 Å². The molecule has 0 heterocycles. The molecule has 0 amide bonds. The van der Waals surface area contributed by atoms with Crippen molar-refractivity contribution in [3.05, 3.63) is 0 Å². The Kier molecular flexibility index (Phi) is 3.84. The summed E-state index contributed by atoms with van der Waals surface area (Å²) in [7, 11) is -6.12. The van der Waals surface area contributed by atoms with Gasteiger partial charge in [-0.1, -0.05) is 0 Å². The Balaban J connectivity index is 5.30. The largest absolute Gasteiger partial charge is 0.441 e. The molecule has 16 heavy (non-hydrogen) atoms. The molecule has 0 unspecified atom stereocenters. The molecule has 12 heteroatoms. The van der Waals surface area contributed by atoms with E-state index >= 15 is 0 Å². The van der Waals surface area contributed by atoms with E-state index in [4.69, 9.17) is 4.55 Å². The number of rotatable bonds is 5. The topological polar surface area (TPSA) is 63.6 Å². The van der Waals surface area contributed by atoms with Crippen LogP contribution >= 0.6 is 0 Å². The first-order chi connectivity index (χ1) is 6.77. The Labute approximate surface area is 83.9 Å². The normalized spacial score (nSPS) is 15.2. The fraction of sp³-hybridized carbons (Fsp3) is 1.00. The molecule has 0 aliphatic rings. The first kappa shape index (κ1) is 15.4. The number of alkyl halides is 7. The fourth-order valence-electron chi connectivity index (χ4n) is 0.481. The van der Waals surface area contributed by atoms with Crippen molar-refractivity contribution in [2.45, 2.75) is 18.0 Å². The molecule has 0 saturated heterocycles. The van der Waals surface area contributed by atoms with Crippen molar-refractivity contribution in [3.63, 3.8) is 0 Å². The molecule has 0 aromatic heterocycles. The van der Waals surface area contributed by atoms with E-state index in [9.17, 15) is 39.2 Å². The molecule has 0 aliphatic carbocycles. The van der Waals surface area contributed by atoms with Crippen molar-refractivity contribution in [3.8, 4) is 0 Å². The van der Waals surface area contributed by atoms with E-state index in [1.54, 1.807) is 0 Å². The van der Waals surface area contributed by atoms with E-state index in [1.165, 1.54) is 0 Å². The van der Waals surface area contributed by atoms with Gasteiger partial charge < -0.3 is 0 Å². The predicted molar refractivity (Wildman–Crippen MR) is 33.4 cm³/mol. The fourth-order valence-corrected chi connectivity index (χ4v) is 0.851. The van der Waals surface area contributed by atoms with Gasteiger partial charge in [-0.05, 0) is 0 Å². The quantitative estimate of drug-likeness (QED) is 0.614. The zero-order valence-electron chi connectivity index (χ0n) is 6.93. The van der Waals surface area contributed by atoms with Crippen molar-refractivity contribution in [1.29, 1.82) is 0 Å². The van der Waals surface area contributed by atoms with Gasteiger partial charge in [-0.2, -0.15) is 38.9 Å². The van der Waals surface area contributed by atoms with Crippen LogP contribution in [0.4, 0.5) is 30.7 Å². The van der Waals surface area contributed by atoms with Gasteiger partial charge in [-0.3, -0.25) is 4.55 Å². The van der Waals surface area contributed by atoms with Crippen LogP contribution in [0.1, 0.15) is 0 Å². The highest BCUT2D eigenvalue weighted by atomic mass is 32.3. The first-order valence-corrected chi connectivity index (χ1v) is 4.51. The zero-order valence-corrected chi connectivity index (χ0v) is 7.75. The van der Waals surface area contributed by atoms with Gasteiger partial charge in [0.2, 0.25) is 0 Å². The van der Waals surface area contributed by atoms with E-state index in [0.29, 0.717) is 0 Å². The van der Waals surface area contributed by atoms with Crippen LogP contribution in [0.25, 0.3) is 0 Å². The molecule has 0 atom stereocenters. The molecule has 0 fully saturated rings. The Bertz CT molecular complexity index is 349. The van der Waals surface area contributed by atoms with Crippen LogP contribution in [0.2, 0.25) is 0 Å². The maximum Gasteiger partial charge on any atom is 0.441 e. The van der Waals surface area contributed by atoms with Gasteiger partial charge in [0.15, 0.2) is 6.67 Å². The van der Waals surface area contributed by atoms with E-state index in [0.717, 1.165) is 0 Å². The maximum absolute atomic E-state index is 12.3. The van der Waals surface area contributed by atoms with E-state index in [1.807, 2.05) is 0 Å². The third-order valence-electron chi connectivity index (χ3n) is 1.20. The minimum Gasteiger partial charge on any atom is -0.263 e. The van der Waals surface area contributed by atoms with Crippen LogP contribution in [-0.4, -0.2) is 37.6 Å². The predicted octanol–water partition coefficient (Wildman–Crippen LogP) is 1.64. The lowest BCUT2D eigenvalue weighted by molar-refractivity contribution is -0.373. The molecule has 0 saturated carbocycles. The lowest BCUT2D eigenvalue weighted by atomic mass is 10.2. The maximum atomic E-state index is 12.3. The van der Waals surface area contributed by atoms with Crippen LogP contribution in [0.3, 0.4) is 0 Å². The van der Waals surface area contributed by atoms with E-state index in [-0.39, 0.29) is 0 Å². The van der Waals surface area contributed by atoms with E-state index in [2.05, 4.69) is 4.18 Å². The van der Waals surface area contributed by atoms with E-state index < -0.39 is 35.0 Å². The summed E-state index contributed by atoms with van der Waals surface area (Å²) in [5.41, 5.74) is 0. The molecule has 0 bridgehead atoms. The highest BCUT2D eigenvalue weighted by Gasteiger charge is 2.74. The number of hydrogen-bond acceptors (Lipinski definition) is 3. The van der Waals surface area contributed by atoms with Crippen molar-refractivity contribution >= 4 is 10.4 Å². The van der Waals surface area contributed by atoms with Gasteiger partial charge in [0, 0.05) is 0 Å². The standard InChI is InChI=1S/C4H3F7O4S/c5-1-2(6,7)3(8,9)4(10,11)15-16(12,13)14/h1H2,(H,12,13,14). The van der Waals surface area contributed by atoms with Crippen molar-refractivity contribution in [1.82, 2.24) is 0 Å². The number of halogens is 7. The van der Waals surface area contributed by atoms with Crippen LogP contribution in [-0.2, 0) is 14.6 Å². The molecule has 0 aromatic rings. The monoisotopic (exact) mass is 280 g/mol. The van der Waals surface area contributed by atoms with Crippen molar-refractivity contribution in [2.24, 2.45) is 0 Å². The second-order valence-corrected chi connectivity index (χ2v) is 3.46. The Morgan fingerprint density at radius 1 is 1.06 bits per heavy atom. The summed E-state index contributed by atoms with van der Waals surface area (Å²) in [6.07, 6.45) is -6.30.